The standard InChI is InChI=1S/C18H17N3O2/c22-17(14-7-3-1-4-8-14)12-20-18(23)16-11-19-13-21(16)15-9-5-2-6-10-15/h1-11,13,17,22H,12H2,(H,20,23)/t17-/m0/s1. The molecule has 3 rings (SSSR count). The lowest BCUT2D eigenvalue weighted by Gasteiger charge is -2.13. The fourth-order valence-electron chi connectivity index (χ4n) is 2.33. The van der Waals surface area contributed by atoms with Gasteiger partial charge >= 0.3 is 0 Å². The van der Waals surface area contributed by atoms with Gasteiger partial charge in [0, 0.05) is 12.2 Å². The molecule has 0 radical (unpaired) electrons. The summed E-state index contributed by atoms with van der Waals surface area (Å²) in [5.41, 5.74) is 2.06. The number of aliphatic hydroxyl groups excluding tert-OH is 1. The third-order valence-electron chi connectivity index (χ3n) is 3.55. The Bertz CT molecular complexity index is 769. The predicted octanol–water partition coefficient (Wildman–Crippen LogP) is 2.34. The van der Waals surface area contributed by atoms with Gasteiger partial charge in [-0.25, -0.2) is 4.98 Å². The van der Waals surface area contributed by atoms with Crippen molar-refractivity contribution >= 4 is 5.91 Å². The highest BCUT2D eigenvalue weighted by Crippen LogP contribution is 2.13. The van der Waals surface area contributed by atoms with E-state index < -0.39 is 6.10 Å². The molecular weight excluding hydrogens is 290 g/mol. The van der Waals surface area contributed by atoms with Crippen LogP contribution in [0.3, 0.4) is 0 Å². The van der Waals surface area contributed by atoms with Crippen LogP contribution in [0.4, 0.5) is 0 Å². The number of para-hydroxylation sites is 1. The van der Waals surface area contributed by atoms with Crippen LogP contribution in [0, 0.1) is 0 Å². The highest BCUT2D eigenvalue weighted by Gasteiger charge is 2.15. The van der Waals surface area contributed by atoms with Gasteiger partial charge in [-0.2, -0.15) is 0 Å². The van der Waals surface area contributed by atoms with Gasteiger partial charge in [0.1, 0.15) is 5.69 Å². The average Bonchev–Trinajstić information content (AvgIpc) is 3.11. The van der Waals surface area contributed by atoms with E-state index in [2.05, 4.69) is 10.3 Å². The number of carbonyl (C=O) groups is 1. The number of imidazole rings is 1. The van der Waals surface area contributed by atoms with Crippen molar-refractivity contribution in [3.63, 3.8) is 0 Å². The number of amides is 1. The summed E-state index contributed by atoms with van der Waals surface area (Å²) in [7, 11) is 0. The Balaban J connectivity index is 1.69. The summed E-state index contributed by atoms with van der Waals surface area (Å²) in [6, 6.07) is 18.7. The lowest BCUT2D eigenvalue weighted by atomic mass is 10.1. The molecule has 0 aliphatic rings. The van der Waals surface area contributed by atoms with Crippen LogP contribution in [-0.4, -0.2) is 27.1 Å². The van der Waals surface area contributed by atoms with Crippen LogP contribution < -0.4 is 5.32 Å². The minimum Gasteiger partial charge on any atom is -0.387 e. The second-order valence-corrected chi connectivity index (χ2v) is 5.12. The van der Waals surface area contributed by atoms with Crippen LogP contribution in [0.5, 0.6) is 0 Å². The van der Waals surface area contributed by atoms with Crippen LogP contribution in [-0.2, 0) is 0 Å². The first-order chi connectivity index (χ1) is 11.3. The maximum Gasteiger partial charge on any atom is 0.270 e. The van der Waals surface area contributed by atoms with Crippen molar-refractivity contribution in [2.75, 3.05) is 6.54 Å². The molecule has 0 aliphatic heterocycles. The molecule has 0 fully saturated rings. The zero-order valence-corrected chi connectivity index (χ0v) is 12.5. The molecule has 0 spiro atoms. The van der Waals surface area contributed by atoms with E-state index in [4.69, 9.17) is 0 Å². The smallest absolute Gasteiger partial charge is 0.270 e. The summed E-state index contributed by atoms with van der Waals surface area (Å²) >= 11 is 0. The average molecular weight is 307 g/mol. The maximum atomic E-state index is 12.4. The first-order valence-electron chi connectivity index (χ1n) is 7.34. The summed E-state index contributed by atoms with van der Waals surface area (Å²) in [5, 5.41) is 12.9. The van der Waals surface area contributed by atoms with E-state index in [1.54, 1.807) is 10.9 Å². The van der Waals surface area contributed by atoms with E-state index in [1.807, 2.05) is 60.7 Å². The molecule has 0 aliphatic carbocycles. The van der Waals surface area contributed by atoms with E-state index in [1.165, 1.54) is 6.20 Å². The SMILES string of the molecule is O=C(NC[C@H](O)c1ccccc1)c1cncn1-c1ccccc1. The molecule has 0 saturated carbocycles. The second kappa shape index (κ2) is 6.89. The van der Waals surface area contributed by atoms with Crippen LogP contribution in [0.15, 0.2) is 73.2 Å². The molecule has 3 aromatic rings. The normalized spacial score (nSPS) is 11.9. The maximum absolute atomic E-state index is 12.4. The Morgan fingerprint density at radius 3 is 2.43 bits per heavy atom. The van der Waals surface area contributed by atoms with E-state index >= 15 is 0 Å². The number of hydrogen-bond acceptors (Lipinski definition) is 3. The molecule has 116 valence electrons. The number of aliphatic hydroxyl groups is 1. The lowest BCUT2D eigenvalue weighted by molar-refractivity contribution is 0.0909. The lowest BCUT2D eigenvalue weighted by Crippen LogP contribution is -2.29. The highest BCUT2D eigenvalue weighted by atomic mass is 16.3. The monoisotopic (exact) mass is 307 g/mol. The second-order valence-electron chi connectivity index (χ2n) is 5.12. The number of carbonyl (C=O) groups excluding carboxylic acids is 1. The predicted molar refractivity (Wildman–Crippen MR) is 87.3 cm³/mol. The van der Waals surface area contributed by atoms with Gasteiger partial charge < -0.3 is 10.4 Å². The van der Waals surface area contributed by atoms with Crippen LogP contribution >= 0.6 is 0 Å². The molecule has 2 N–H and O–H groups in total. The molecule has 2 aromatic carbocycles. The van der Waals surface area contributed by atoms with E-state index in [0.29, 0.717) is 5.69 Å². The summed E-state index contributed by atoms with van der Waals surface area (Å²) in [6.07, 6.45) is 2.36. The summed E-state index contributed by atoms with van der Waals surface area (Å²) < 4.78 is 1.71. The molecule has 0 bridgehead atoms. The van der Waals surface area contributed by atoms with Gasteiger partial charge in [0.25, 0.3) is 5.91 Å². The van der Waals surface area contributed by atoms with E-state index in [0.717, 1.165) is 11.3 Å². The van der Waals surface area contributed by atoms with Crippen molar-refractivity contribution in [1.82, 2.24) is 14.9 Å². The fraction of sp³-hybridized carbons (Fsp3) is 0.111. The summed E-state index contributed by atoms with van der Waals surface area (Å²) in [4.78, 5) is 16.4. The van der Waals surface area contributed by atoms with Crippen molar-refractivity contribution in [1.29, 1.82) is 0 Å². The molecule has 0 unspecified atom stereocenters. The first kappa shape index (κ1) is 15.0. The van der Waals surface area contributed by atoms with Gasteiger partial charge in [-0.05, 0) is 17.7 Å². The first-order valence-corrected chi connectivity index (χ1v) is 7.34. The molecule has 1 amide bonds. The Hall–Kier alpha value is -2.92. The van der Waals surface area contributed by atoms with Gasteiger partial charge in [-0.1, -0.05) is 48.5 Å². The molecule has 1 heterocycles. The van der Waals surface area contributed by atoms with Crippen LogP contribution in [0.2, 0.25) is 0 Å². The highest BCUT2D eigenvalue weighted by molar-refractivity contribution is 5.93. The quantitative estimate of drug-likeness (QED) is 0.760. The minimum atomic E-state index is -0.742. The van der Waals surface area contributed by atoms with Crippen molar-refractivity contribution in [3.8, 4) is 5.69 Å². The molecule has 23 heavy (non-hydrogen) atoms. The van der Waals surface area contributed by atoms with E-state index in [-0.39, 0.29) is 12.5 Å². The Morgan fingerprint density at radius 2 is 1.74 bits per heavy atom. The zero-order chi connectivity index (χ0) is 16.1. The number of rotatable bonds is 5. The van der Waals surface area contributed by atoms with Crippen molar-refractivity contribution in [2.24, 2.45) is 0 Å². The molecule has 0 saturated heterocycles. The number of aromatic nitrogens is 2. The van der Waals surface area contributed by atoms with Crippen molar-refractivity contribution in [3.05, 3.63) is 84.4 Å². The Morgan fingerprint density at radius 1 is 1.09 bits per heavy atom. The number of benzene rings is 2. The van der Waals surface area contributed by atoms with Gasteiger partial charge in [0.15, 0.2) is 0 Å². The van der Waals surface area contributed by atoms with Crippen molar-refractivity contribution < 1.29 is 9.90 Å². The fourth-order valence-corrected chi connectivity index (χ4v) is 2.33. The van der Waals surface area contributed by atoms with Gasteiger partial charge in [-0.3, -0.25) is 9.36 Å². The minimum absolute atomic E-state index is 0.142. The van der Waals surface area contributed by atoms with Crippen molar-refractivity contribution in [2.45, 2.75) is 6.10 Å². The molecule has 5 nitrogen and oxygen atoms in total. The van der Waals surface area contributed by atoms with Gasteiger partial charge in [0.05, 0.1) is 18.6 Å². The summed E-state index contributed by atoms with van der Waals surface area (Å²) in [5.74, 6) is -0.277. The number of nitrogens with zero attached hydrogens (tertiary/aromatic N) is 2. The van der Waals surface area contributed by atoms with E-state index in [9.17, 15) is 9.90 Å². The largest absolute Gasteiger partial charge is 0.387 e. The molecule has 1 aromatic heterocycles. The number of nitrogens with one attached hydrogen (secondary N) is 1. The van der Waals surface area contributed by atoms with Crippen LogP contribution in [0.1, 0.15) is 22.2 Å². The zero-order valence-electron chi connectivity index (χ0n) is 12.5. The molecular formula is C18H17N3O2. The Kier molecular flexibility index (Phi) is 4.49. The summed E-state index contributed by atoms with van der Waals surface area (Å²) in [6.45, 7) is 0.142. The van der Waals surface area contributed by atoms with Crippen LogP contribution in [0.25, 0.3) is 5.69 Å². The third-order valence-corrected chi connectivity index (χ3v) is 3.55. The van der Waals surface area contributed by atoms with Gasteiger partial charge in [0.2, 0.25) is 0 Å². The third kappa shape index (κ3) is 3.46. The van der Waals surface area contributed by atoms with Gasteiger partial charge in [-0.15, -0.1) is 0 Å². The number of hydrogen-bond donors (Lipinski definition) is 2. The molecule has 5 heteroatoms. The molecule has 1 atom stereocenters. The topological polar surface area (TPSA) is 67.2 Å². The Labute approximate surface area is 134 Å².